The lowest BCUT2D eigenvalue weighted by atomic mass is 10.4. The third-order valence-corrected chi connectivity index (χ3v) is 6.54. The van der Waals surface area contributed by atoms with Crippen molar-refractivity contribution in [1.29, 1.82) is 0 Å². The van der Waals surface area contributed by atoms with E-state index in [4.69, 9.17) is 16.0 Å². The van der Waals surface area contributed by atoms with Crippen LogP contribution in [0.1, 0.15) is 11.1 Å². The fourth-order valence-corrected chi connectivity index (χ4v) is 5.40. The zero-order valence-corrected chi connectivity index (χ0v) is 12.8. The molecule has 7 heteroatoms. The molecule has 20 heavy (non-hydrogen) atoms. The maximum absolute atomic E-state index is 12.7. The van der Waals surface area contributed by atoms with E-state index in [2.05, 4.69) is 0 Å². The minimum atomic E-state index is -3.54. The molecule has 0 bridgehead atoms. The van der Waals surface area contributed by atoms with Crippen LogP contribution in [0.25, 0.3) is 0 Å². The van der Waals surface area contributed by atoms with E-state index in [-0.39, 0.29) is 10.3 Å². The number of halogens is 1. The Bertz CT molecular complexity index is 683. The number of benzene rings is 1. The predicted molar refractivity (Wildman–Crippen MR) is 79.3 cm³/mol. The summed E-state index contributed by atoms with van der Waals surface area (Å²) >= 11 is 7.36. The van der Waals surface area contributed by atoms with Crippen molar-refractivity contribution >= 4 is 33.4 Å². The van der Waals surface area contributed by atoms with Crippen LogP contribution in [0.2, 0.25) is 5.02 Å². The second kappa shape index (κ2) is 5.44. The molecule has 4 nitrogen and oxygen atoms in total. The lowest BCUT2D eigenvalue weighted by Gasteiger charge is -2.21. The van der Waals surface area contributed by atoms with Gasteiger partial charge in [-0.15, -0.1) is 11.8 Å². The molecular formula is C13H12ClNO3S2. The fourth-order valence-electron chi connectivity index (χ4n) is 2.10. The van der Waals surface area contributed by atoms with Crippen molar-refractivity contribution in [3.63, 3.8) is 0 Å². The Kier molecular flexibility index (Phi) is 3.81. The fraction of sp³-hybridized carbons (Fsp3) is 0.231. The summed E-state index contributed by atoms with van der Waals surface area (Å²) in [5.74, 6) is 1.41. The van der Waals surface area contributed by atoms with Crippen LogP contribution < -0.4 is 0 Å². The molecule has 1 fully saturated rings. The summed E-state index contributed by atoms with van der Waals surface area (Å²) in [5, 5.41) is 0.216. The van der Waals surface area contributed by atoms with E-state index in [0.717, 1.165) is 5.75 Å². The SMILES string of the molecule is O=S(=O)(c1ccc(Cl)cc1)N1CCS[C@@H]1c1ccco1. The van der Waals surface area contributed by atoms with Gasteiger partial charge in [-0.3, -0.25) is 0 Å². The van der Waals surface area contributed by atoms with Gasteiger partial charge in [0.05, 0.1) is 11.2 Å². The molecule has 0 saturated carbocycles. The minimum absolute atomic E-state index is 0.251. The Hall–Kier alpha value is -0.950. The number of sulfonamides is 1. The summed E-state index contributed by atoms with van der Waals surface area (Å²) in [6.07, 6.45) is 1.56. The first-order chi connectivity index (χ1) is 9.59. The normalized spacial score (nSPS) is 20.4. The zero-order valence-electron chi connectivity index (χ0n) is 10.4. The van der Waals surface area contributed by atoms with Crippen molar-refractivity contribution in [1.82, 2.24) is 4.31 Å². The number of nitrogens with zero attached hydrogens (tertiary/aromatic N) is 1. The molecule has 1 aromatic carbocycles. The Morgan fingerprint density at radius 1 is 1.25 bits per heavy atom. The van der Waals surface area contributed by atoms with E-state index >= 15 is 0 Å². The first-order valence-corrected chi connectivity index (χ1v) is 8.88. The molecule has 0 radical (unpaired) electrons. The summed E-state index contributed by atoms with van der Waals surface area (Å²) in [4.78, 5) is 0.251. The van der Waals surface area contributed by atoms with E-state index in [1.807, 2.05) is 0 Å². The van der Waals surface area contributed by atoms with Crippen LogP contribution in [-0.2, 0) is 10.0 Å². The standard InChI is InChI=1S/C13H12ClNO3S2/c14-10-3-5-11(6-4-10)20(16,17)15-7-9-19-13(15)12-2-1-8-18-12/h1-6,8,13H,7,9H2/t13-/m1/s1. The van der Waals surface area contributed by atoms with Gasteiger partial charge >= 0.3 is 0 Å². The number of hydrogen-bond acceptors (Lipinski definition) is 4. The van der Waals surface area contributed by atoms with Gasteiger partial charge in [0.15, 0.2) is 0 Å². The molecule has 1 aromatic heterocycles. The third-order valence-electron chi connectivity index (χ3n) is 3.06. The molecule has 0 aliphatic carbocycles. The number of rotatable bonds is 3. The Balaban J connectivity index is 1.96. The largest absolute Gasteiger partial charge is 0.467 e. The Morgan fingerprint density at radius 2 is 2.00 bits per heavy atom. The highest BCUT2D eigenvalue weighted by Gasteiger charge is 2.38. The predicted octanol–water partition coefficient (Wildman–Crippen LogP) is 3.37. The van der Waals surface area contributed by atoms with Crippen molar-refractivity contribution in [3.05, 3.63) is 53.4 Å². The molecule has 1 aliphatic heterocycles. The van der Waals surface area contributed by atoms with Gasteiger partial charge in [-0.1, -0.05) is 11.6 Å². The molecule has 1 aliphatic rings. The summed E-state index contributed by atoms with van der Waals surface area (Å²) in [5.41, 5.74) is 0. The van der Waals surface area contributed by atoms with Crippen molar-refractivity contribution in [2.24, 2.45) is 0 Å². The topological polar surface area (TPSA) is 50.5 Å². The van der Waals surface area contributed by atoms with E-state index in [9.17, 15) is 8.42 Å². The molecule has 1 saturated heterocycles. The molecule has 106 valence electrons. The van der Waals surface area contributed by atoms with Gasteiger partial charge in [0.1, 0.15) is 11.1 Å². The van der Waals surface area contributed by atoms with Crippen LogP contribution in [0.5, 0.6) is 0 Å². The summed E-state index contributed by atoms with van der Waals surface area (Å²) in [6.45, 7) is 0.473. The number of hydrogen-bond donors (Lipinski definition) is 0. The van der Waals surface area contributed by atoms with Gasteiger partial charge in [-0.25, -0.2) is 8.42 Å². The minimum Gasteiger partial charge on any atom is -0.467 e. The highest BCUT2D eigenvalue weighted by atomic mass is 35.5. The maximum Gasteiger partial charge on any atom is 0.244 e. The van der Waals surface area contributed by atoms with Crippen LogP contribution in [0.15, 0.2) is 52.0 Å². The molecule has 3 rings (SSSR count). The first kappa shape index (κ1) is 14.0. The average molecular weight is 330 g/mol. The number of thioether (sulfide) groups is 1. The van der Waals surface area contributed by atoms with Crippen LogP contribution in [0, 0.1) is 0 Å². The maximum atomic E-state index is 12.7. The van der Waals surface area contributed by atoms with Crippen molar-refractivity contribution in [3.8, 4) is 0 Å². The monoisotopic (exact) mass is 329 g/mol. The number of furan rings is 1. The van der Waals surface area contributed by atoms with Crippen molar-refractivity contribution < 1.29 is 12.8 Å². The van der Waals surface area contributed by atoms with Gasteiger partial charge in [0.2, 0.25) is 10.0 Å². The molecule has 2 heterocycles. The summed E-state index contributed by atoms with van der Waals surface area (Å²) in [6, 6.07) is 9.79. The molecule has 0 amide bonds. The van der Waals surface area contributed by atoms with Crippen molar-refractivity contribution in [2.45, 2.75) is 10.3 Å². The molecule has 0 spiro atoms. The zero-order chi connectivity index (χ0) is 14.2. The van der Waals surface area contributed by atoms with Crippen molar-refractivity contribution in [2.75, 3.05) is 12.3 Å². The average Bonchev–Trinajstić information content (AvgIpc) is 3.10. The van der Waals surface area contributed by atoms with Gasteiger partial charge in [0, 0.05) is 17.3 Å². The smallest absolute Gasteiger partial charge is 0.244 e. The molecule has 1 atom stereocenters. The Labute approximate surface area is 126 Å². The third kappa shape index (κ3) is 2.48. The van der Waals surface area contributed by atoms with Gasteiger partial charge in [-0.05, 0) is 36.4 Å². The highest BCUT2D eigenvalue weighted by Crippen LogP contribution is 2.41. The highest BCUT2D eigenvalue weighted by molar-refractivity contribution is 8.00. The first-order valence-electron chi connectivity index (χ1n) is 6.01. The van der Waals surface area contributed by atoms with E-state index in [1.54, 1.807) is 42.3 Å². The lowest BCUT2D eigenvalue weighted by molar-refractivity contribution is 0.383. The summed E-state index contributed by atoms with van der Waals surface area (Å²) in [7, 11) is -3.54. The molecule has 2 aromatic rings. The van der Waals surface area contributed by atoms with Crippen LogP contribution in [0.3, 0.4) is 0 Å². The van der Waals surface area contributed by atoms with E-state index in [0.29, 0.717) is 17.3 Å². The molecule has 0 unspecified atom stereocenters. The Morgan fingerprint density at radius 3 is 2.65 bits per heavy atom. The quantitative estimate of drug-likeness (QED) is 0.866. The van der Waals surface area contributed by atoms with Gasteiger partial charge in [0.25, 0.3) is 0 Å². The van der Waals surface area contributed by atoms with E-state index in [1.165, 1.54) is 16.4 Å². The molecular weight excluding hydrogens is 318 g/mol. The van der Waals surface area contributed by atoms with Crippen LogP contribution >= 0.6 is 23.4 Å². The second-order valence-corrected chi connectivity index (χ2v) is 7.82. The van der Waals surface area contributed by atoms with Gasteiger partial charge < -0.3 is 4.42 Å². The second-order valence-electron chi connectivity index (χ2n) is 4.31. The van der Waals surface area contributed by atoms with E-state index < -0.39 is 10.0 Å². The van der Waals surface area contributed by atoms with Crippen LogP contribution in [0.4, 0.5) is 0 Å². The lowest BCUT2D eigenvalue weighted by Crippen LogP contribution is -2.30. The summed E-state index contributed by atoms with van der Waals surface area (Å²) < 4.78 is 32.2. The van der Waals surface area contributed by atoms with Crippen LogP contribution in [-0.4, -0.2) is 25.0 Å². The van der Waals surface area contributed by atoms with Gasteiger partial charge in [-0.2, -0.15) is 4.31 Å². The molecule has 0 N–H and O–H groups in total.